The van der Waals surface area contributed by atoms with Crippen molar-refractivity contribution in [3.05, 3.63) is 103 Å². The Morgan fingerprint density at radius 2 is 1.82 bits per heavy atom. The number of benzene rings is 2. The van der Waals surface area contributed by atoms with E-state index in [1.165, 1.54) is 0 Å². The van der Waals surface area contributed by atoms with E-state index in [1.807, 2.05) is 66.9 Å². The molecule has 0 saturated carbocycles. The molecule has 0 amide bonds. The number of rotatable bonds is 5. The standard InChI is InChI=1S/C23H19N3O.Pt/c1-23(2,18-9-6-10-19(17-18)26-16-8-15-24-26)21-13-7-14-22(25-21)27-20-11-4-3-5-12-20;/h3-11,13-16H,1-2H3;/q-2;+2. The van der Waals surface area contributed by atoms with Crippen LogP contribution in [0.2, 0.25) is 0 Å². The van der Waals surface area contributed by atoms with Crippen molar-refractivity contribution in [2.75, 3.05) is 0 Å². The molecule has 2 aromatic heterocycles. The number of hydrogen-bond donors (Lipinski definition) is 0. The second-order valence-corrected chi connectivity index (χ2v) is 6.72. The Morgan fingerprint density at radius 1 is 0.964 bits per heavy atom. The van der Waals surface area contributed by atoms with Crippen LogP contribution >= 0.6 is 0 Å². The van der Waals surface area contributed by atoms with Crippen LogP contribution in [-0.4, -0.2) is 14.8 Å². The second-order valence-electron chi connectivity index (χ2n) is 6.72. The van der Waals surface area contributed by atoms with Crippen molar-refractivity contribution in [2.24, 2.45) is 0 Å². The normalized spacial score (nSPS) is 10.9. The largest absolute Gasteiger partial charge is 2.00 e. The van der Waals surface area contributed by atoms with E-state index in [4.69, 9.17) is 9.72 Å². The molecule has 5 heteroatoms. The first-order valence-corrected chi connectivity index (χ1v) is 8.78. The number of aromatic nitrogens is 3. The van der Waals surface area contributed by atoms with Crippen LogP contribution in [0.3, 0.4) is 0 Å². The van der Waals surface area contributed by atoms with E-state index in [2.05, 4.69) is 37.1 Å². The predicted molar refractivity (Wildman–Crippen MR) is 104 cm³/mol. The van der Waals surface area contributed by atoms with Crippen LogP contribution in [0, 0.1) is 12.1 Å². The summed E-state index contributed by atoms with van der Waals surface area (Å²) in [5.41, 5.74) is 2.50. The van der Waals surface area contributed by atoms with Gasteiger partial charge in [-0.05, 0) is 17.8 Å². The topological polar surface area (TPSA) is 39.9 Å². The van der Waals surface area contributed by atoms with Crippen molar-refractivity contribution in [2.45, 2.75) is 19.3 Å². The van der Waals surface area contributed by atoms with Crippen LogP contribution in [0.1, 0.15) is 25.1 Å². The summed E-state index contributed by atoms with van der Waals surface area (Å²) in [5, 5.41) is 4.29. The third-order valence-corrected chi connectivity index (χ3v) is 4.46. The maximum absolute atomic E-state index is 5.84. The van der Waals surface area contributed by atoms with E-state index in [1.54, 1.807) is 10.9 Å². The first-order valence-electron chi connectivity index (χ1n) is 8.78. The van der Waals surface area contributed by atoms with Gasteiger partial charge >= 0.3 is 21.1 Å². The Bertz CT molecular complexity index is 1030. The van der Waals surface area contributed by atoms with Gasteiger partial charge in [0, 0.05) is 29.6 Å². The molecule has 0 bridgehead atoms. The van der Waals surface area contributed by atoms with Crippen molar-refractivity contribution < 1.29 is 25.8 Å². The van der Waals surface area contributed by atoms with E-state index < -0.39 is 0 Å². The summed E-state index contributed by atoms with van der Waals surface area (Å²) in [6.45, 7) is 4.26. The molecular weight excluding hydrogens is 529 g/mol. The molecule has 0 N–H and O–H groups in total. The van der Waals surface area contributed by atoms with Crippen LogP contribution < -0.4 is 4.74 Å². The molecule has 4 nitrogen and oxygen atoms in total. The molecule has 0 saturated heterocycles. The Morgan fingerprint density at radius 3 is 2.57 bits per heavy atom. The van der Waals surface area contributed by atoms with Crippen molar-refractivity contribution in [3.8, 4) is 17.3 Å². The zero-order valence-electron chi connectivity index (χ0n) is 15.6. The summed E-state index contributed by atoms with van der Waals surface area (Å²) in [5.74, 6) is 1.19. The number of ether oxygens (including phenoxy) is 1. The average molecular weight is 549 g/mol. The first kappa shape index (κ1) is 20.0. The predicted octanol–water partition coefficient (Wildman–Crippen LogP) is 4.98. The Balaban J connectivity index is 0.00000225. The maximum Gasteiger partial charge on any atom is 2.00 e. The number of hydrogen-bond acceptors (Lipinski definition) is 3. The second kappa shape index (κ2) is 8.53. The van der Waals surface area contributed by atoms with E-state index in [9.17, 15) is 0 Å². The molecule has 0 unspecified atom stereocenters. The summed E-state index contributed by atoms with van der Waals surface area (Å²) >= 11 is 0. The van der Waals surface area contributed by atoms with Crippen LogP contribution in [-0.2, 0) is 26.5 Å². The molecule has 142 valence electrons. The van der Waals surface area contributed by atoms with Gasteiger partial charge in [0.25, 0.3) is 0 Å². The SMILES string of the molecule is CC(C)(c1[c-]c(-n2cccn2)ccc1)c1cccc(Oc2[c-]cccc2)n1.[Pt+2]. The van der Waals surface area contributed by atoms with Gasteiger partial charge in [-0.1, -0.05) is 19.9 Å². The molecule has 0 aliphatic carbocycles. The Labute approximate surface area is 179 Å². The molecular formula is C23H19N3OPt. The third kappa shape index (κ3) is 4.23. The first-order chi connectivity index (χ1) is 13.1. The van der Waals surface area contributed by atoms with Crippen LogP contribution in [0.25, 0.3) is 5.69 Å². The molecule has 0 spiro atoms. The molecule has 0 fully saturated rings. The minimum absolute atomic E-state index is 0. The molecule has 0 atom stereocenters. The maximum atomic E-state index is 5.84. The zero-order chi connectivity index (χ0) is 18.7. The van der Waals surface area contributed by atoms with Gasteiger partial charge in [0.1, 0.15) is 0 Å². The molecule has 4 rings (SSSR count). The van der Waals surface area contributed by atoms with Gasteiger partial charge in [-0.2, -0.15) is 41.5 Å². The fourth-order valence-corrected chi connectivity index (χ4v) is 2.88. The molecule has 4 aromatic rings. The van der Waals surface area contributed by atoms with E-state index >= 15 is 0 Å². The van der Waals surface area contributed by atoms with E-state index in [0.717, 1.165) is 16.9 Å². The summed E-state index contributed by atoms with van der Waals surface area (Å²) in [6.07, 6.45) is 3.67. The molecule has 2 heterocycles. The monoisotopic (exact) mass is 548 g/mol. The minimum Gasteiger partial charge on any atom is -0.466 e. The molecule has 0 radical (unpaired) electrons. The van der Waals surface area contributed by atoms with Crippen LogP contribution in [0.5, 0.6) is 11.6 Å². The van der Waals surface area contributed by atoms with Gasteiger partial charge in [-0.3, -0.25) is 4.68 Å². The van der Waals surface area contributed by atoms with E-state index in [-0.39, 0.29) is 26.5 Å². The van der Waals surface area contributed by atoms with Crippen molar-refractivity contribution in [1.29, 1.82) is 0 Å². The van der Waals surface area contributed by atoms with Gasteiger partial charge in [0.05, 0.1) is 5.69 Å². The van der Waals surface area contributed by atoms with Gasteiger partial charge in [-0.15, -0.1) is 23.8 Å². The Kier molecular flexibility index (Phi) is 6.11. The van der Waals surface area contributed by atoms with E-state index in [0.29, 0.717) is 11.6 Å². The number of nitrogens with zero attached hydrogens (tertiary/aromatic N) is 3. The van der Waals surface area contributed by atoms with Gasteiger partial charge in [0.2, 0.25) is 5.88 Å². The summed E-state index contributed by atoms with van der Waals surface area (Å²) in [6, 6.07) is 27.8. The van der Waals surface area contributed by atoms with Crippen molar-refractivity contribution in [3.63, 3.8) is 0 Å². The van der Waals surface area contributed by atoms with Gasteiger partial charge in [0.15, 0.2) is 0 Å². The third-order valence-electron chi connectivity index (χ3n) is 4.46. The van der Waals surface area contributed by atoms with Gasteiger partial charge in [-0.25, -0.2) is 4.98 Å². The van der Waals surface area contributed by atoms with Crippen molar-refractivity contribution >= 4 is 0 Å². The fourth-order valence-electron chi connectivity index (χ4n) is 2.88. The minimum atomic E-state index is -0.344. The smallest absolute Gasteiger partial charge is 0.466 e. The fraction of sp³-hybridized carbons (Fsp3) is 0.130. The van der Waals surface area contributed by atoms with Gasteiger partial charge < -0.3 is 4.74 Å². The Hall–Kier alpha value is -2.71. The average Bonchev–Trinajstić information content (AvgIpc) is 3.24. The summed E-state index contributed by atoms with van der Waals surface area (Å²) < 4.78 is 7.65. The summed E-state index contributed by atoms with van der Waals surface area (Å²) in [7, 11) is 0. The van der Waals surface area contributed by atoms with Crippen molar-refractivity contribution in [1.82, 2.24) is 14.8 Å². The van der Waals surface area contributed by atoms with Crippen LogP contribution in [0.15, 0.2) is 79.1 Å². The number of pyridine rings is 1. The zero-order valence-corrected chi connectivity index (χ0v) is 17.8. The number of para-hydroxylation sites is 1. The molecule has 0 aliphatic rings. The molecule has 28 heavy (non-hydrogen) atoms. The quantitative estimate of drug-likeness (QED) is 0.331. The molecule has 0 aliphatic heterocycles. The molecule has 2 aromatic carbocycles. The summed E-state index contributed by atoms with van der Waals surface area (Å²) in [4.78, 5) is 4.72. The van der Waals surface area contributed by atoms with Crippen LogP contribution in [0.4, 0.5) is 0 Å².